The van der Waals surface area contributed by atoms with E-state index < -0.39 is 11.9 Å². The topological polar surface area (TPSA) is 62.2 Å². The Bertz CT molecular complexity index is 519. The minimum absolute atomic E-state index is 0.522. The first kappa shape index (κ1) is 24.9. The molecule has 2 atom stereocenters. The molecule has 1 aliphatic rings. The van der Waals surface area contributed by atoms with Crippen molar-refractivity contribution in [2.75, 3.05) is 26.8 Å². The van der Waals surface area contributed by atoms with Crippen LogP contribution in [0.3, 0.4) is 0 Å². The number of benzene rings is 1. The van der Waals surface area contributed by atoms with Crippen LogP contribution < -0.4 is 4.74 Å². The van der Waals surface area contributed by atoms with Crippen molar-refractivity contribution in [1.82, 2.24) is 4.90 Å². The van der Waals surface area contributed by atoms with E-state index in [4.69, 9.17) is 9.84 Å². The highest BCUT2D eigenvalue weighted by Crippen LogP contribution is 2.23. The van der Waals surface area contributed by atoms with Crippen molar-refractivity contribution in [3.05, 3.63) is 29.8 Å². The molecule has 0 amide bonds. The third kappa shape index (κ3) is 11.6. The van der Waals surface area contributed by atoms with Gasteiger partial charge < -0.3 is 19.7 Å². The van der Waals surface area contributed by atoms with Crippen LogP contribution in [0, 0.1) is 0 Å². The van der Waals surface area contributed by atoms with E-state index in [1.807, 2.05) is 13.0 Å². The summed E-state index contributed by atoms with van der Waals surface area (Å²) in [6.45, 7) is 9.16. The Labute approximate surface area is 171 Å². The maximum atomic E-state index is 10.1. The lowest BCUT2D eigenvalue weighted by molar-refractivity contribution is -0.0584. The molecule has 2 N–H and O–H groups in total. The Kier molecular flexibility index (Phi) is 12.4. The van der Waals surface area contributed by atoms with Crippen LogP contribution in [0.25, 0.3) is 0 Å². The van der Waals surface area contributed by atoms with E-state index in [1.165, 1.54) is 44.8 Å². The minimum Gasteiger partial charge on any atom is -0.494 e. The van der Waals surface area contributed by atoms with E-state index in [9.17, 15) is 5.11 Å². The maximum Gasteiger partial charge on any atom is 0.151 e. The summed E-state index contributed by atoms with van der Waals surface area (Å²) in [5.41, 5.74) is 0.745. The fourth-order valence-corrected chi connectivity index (χ4v) is 3.24. The van der Waals surface area contributed by atoms with Crippen LogP contribution in [0.5, 0.6) is 5.75 Å². The van der Waals surface area contributed by atoms with Crippen molar-refractivity contribution in [3.8, 4) is 5.75 Å². The SMILES string of the molecule is CCCCCCCCOc1cccc(CN2CCC(C)(O)C2)c1.COC(C)O. The standard InChI is InChI=1S/C20H33NO2.C3H8O2/c1-3-4-5-6-7-8-14-23-19-11-9-10-18(15-19)16-21-13-12-20(2,22)17-21;1-3(4)5-2/h9-11,15,22H,3-8,12-14,16-17H2,1-2H3;3-4H,1-2H3. The quantitative estimate of drug-likeness (QED) is 0.431. The number of unbranched alkanes of at least 4 members (excludes halogenated alkanes) is 5. The molecule has 5 heteroatoms. The largest absolute Gasteiger partial charge is 0.494 e. The number of nitrogens with zero attached hydrogens (tertiary/aromatic N) is 1. The molecule has 1 aromatic carbocycles. The van der Waals surface area contributed by atoms with Gasteiger partial charge in [-0.15, -0.1) is 0 Å². The Balaban J connectivity index is 0.000000696. The summed E-state index contributed by atoms with van der Waals surface area (Å²) < 4.78 is 10.2. The van der Waals surface area contributed by atoms with E-state index in [2.05, 4.69) is 34.8 Å². The number of aliphatic hydroxyl groups is 2. The van der Waals surface area contributed by atoms with Crippen LogP contribution in [-0.2, 0) is 11.3 Å². The highest BCUT2D eigenvalue weighted by atomic mass is 16.6. The van der Waals surface area contributed by atoms with Gasteiger partial charge in [-0.25, -0.2) is 0 Å². The molecule has 0 bridgehead atoms. The van der Waals surface area contributed by atoms with Gasteiger partial charge in [0, 0.05) is 26.7 Å². The van der Waals surface area contributed by atoms with Crippen molar-refractivity contribution in [2.24, 2.45) is 0 Å². The molecule has 5 nitrogen and oxygen atoms in total. The number of hydrogen-bond donors (Lipinski definition) is 2. The molecule has 0 radical (unpaired) electrons. The minimum atomic E-state index is -0.616. The second kappa shape index (κ2) is 13.9. The molecular weight excluding hydrogens is 354 g/mol. The number of methoxy groups -OCH3 is 1. The summed E-state index contributed by atoms with van der Waals surface area (Å²) in [5.74, 6) is 0.974. The molecule has 0 aromatic heterocycles. The number of likely N-dealkylation sites (tertiary alicyclic amines) is 1. The van der Waals surface area contributed by atoms with Crippen LogP contribution in [0.1, 0.15) is 71.3 Å². The van der Waals surface area contributed by atoms with E-state index in [1.54, 1.807) is 6.92 Å². The van der Waals surface area contributed by atoms with Crippen LogP contribution in [0.15, 0.2) is 24.3 Å². The zero-order valence-corrected chi connectivity index (χ0v) is 18.3. The lowest BCUT2D eigenvalue weighted by atomic mass is 10.1. The summed E-state index contributed by atoms with van der Waals surface area (Å²) in [7, 11) is 1.45. The molecule has 2 unspecified atom stereocenters. The molecule has 0 spiro atoms. The van der Waals surface area contributed by atoms with Crippen molar-refractivity contribution < 1.29 is 19.7 Å². The van der Waals surface area contributed by atoms with Gasteiger partial charge in [0.1, 0.15) is 5.75 Å². The normalized spacial score (nSPS) is 20.5. The van der Waals surface area contributed by atoms with Gasteiger partial charge in [-0.3, -0.25) is 4.90 Å². The zero-order valence-electron chi connectivity index (χ0n) is 18.3. The second-order valence-corrected chi connectivity index (χ2v) is 8.06. The highest BCUT2D eigenvalue weighted by Gasteiger charge is 2.30. The number of aliphatic hydroxyl groups excluding tert-OH is 1. The number of rotatable bonds is 11. The fraction of sp³-hybridized carbons (Fsp3) is 0.739. The molecular formula is C23H41NO4. The molecule has 1 heterocycles. The molecule has 0 aliphatic carbocycles. The van der Waals surface area contributed by atoms with Crippen molar-refractivity contribution in [2.45, 2.75) is 84.2 Å². The first-order chi connectivity index (χ1) is 13.4. The van der Waals surface area contributed by atoms with Crippen molar-refractivity contribution in [3.63, 3.8) is 0 Å². The summed E-state index contributed by atoms with van der Waals surface area (Å²) in [6.07, 6.45) is 7.99. The number of ether oxygens (including phenoxy) is 2. The molecule has 2 rings (SSSR count). The predicted molar refractivity (Wildman–Crippen MR) is 115 cm³/mol. The highest BCUT2D eigenvalue weighted by molar-refractivity contribution is 5.28. The summed E-state index contributed by atoms with van der Waals surface area (Å²) in [4.78, 5) is 2.31. The Morgan fingerprint density at radius 1 is 1.18 bits per heavy atom. The Morgan fingerprint density at radius 3 is 2.46 bits per heavy atom. The fourth-order valence-electron chi connectivity index (χ4n) is 3.24. The number of β-amino-alcohol motifs (C(OH)–C–C–N with tert-alkyl or cyclic N) is 1. The second-order valence-electron chi connectivity index (χ2n) is 8.06. The predicted octanol–water partition coefficient (Wildman–Crippen LogP) is 4.35. The molecule has 1 saturated heterocycles. The summed E-state index contributed by atoms with van der Waals surface area (Å²) >= 11 is 0. The summed E-state index contributed by atoms with van der Waals surface area (Å²) in [5, 5.41) is 18.2. The monoisotopic (exact) mass is 395 g/mol. The first-order valence-electron chi connectivity index (χ1n) is 10.7. The van der Waals surface area contributed by atoms with Crippen molar-refractivity contribution in [1.29, 1.82) is 0 Å². The molecule has 28 heavy (non-hydrogen) atoms. The maximum absolute atomic E-state index is 10.1. The van der Waals surface area contributed by atoms with Gasteiger partial charge in [0.2, 0.25) is 0 Å². The van der Waals surface area contributed by atoms with Gasteiger partial charge in [0.15, 0.2) is 6.29 Å². The van der Waals surface area contributed by atoms with Crippen LogP contribution >= 0.6 is 0 Å². The Morgan fingerprint density at radius 2 is 1.86 bits per heavy atom. The lowest BCUT2D eigenvalue weighted by Gasteiger charge is -2.19. The molecule has 1 aromatic rings. The van der Waals surface area contributed by atoms with E-state index in [-0.39, 0.29) is 0 Å². The van der Waals surface area contributed by atoms with E-state index >= 15 is 0 Å². The van der Waals surface area contributed by atoms with Crippen molar-refractivity contribution >= 4 is 0 Å². The van der Waals surface area contributed by atoms with Crippen LogP contribution in [-0.4, -0.2) is 53.8 Å². The van der Waals surface area contributed by atoms with E-state index in [0.29, 0.717) is 0 Å². The molecule has 0 saturated carbocycles. The van der Waals surface area contributed by atoms with Crippen LogP contribution in [0.2, 0.25) is 0 Å². The van der Waals surface area contributed by atoms with Gasteiger partial charge >= 0.3 is 0 Å². The number of hydrogen-bond acceptors (Lipinski definition) is 5. The van der Waals surface area contributed by atoms with Gasteiger partial charge in [-0.2, -0.15) is 0 Å². The van der Waals surface area contributed by atoms with E-state index in [0.717, 1.165) is 44.8 Å². The van der Waals surface area contributed by atoms with Gasteiger partial charge in [-0.05, 0) is 44.4 Å². The van der Waals surface area contributed by atoms with Gasteiger partial charge in [0.05, 0.1) is 12.2 Å². The molecule has 1 fully saturated rings. The average Bonchev–Trinajstić information content (AvgIpc) is 3.00. The molecule has 1 aliphatic heterocycles. The first-order valence-corrected chi connectivity index (χ1v) is 10.7. The van der Waals surface area contributed by atoms with Gasteiger partial charge in [-0.1, -0.05) is 51.2 Å². The summed E-state index contributed by atoms with van der Waals surface area (Å²) in [6, 6.07) is 8.40. The average molecular weight is 396 g/mol. The van der Waals surface area contributed by atoms with Gasteiger partial charge in [0.25, 0.3) is 0 Å². The zero-order chi connectivity index (χ0) is 20.8. The Hall–Kier alpha value is -1.14. The van der Waals surface area contributed by atoms with Crippen LogP contribution in [0.4, 0.5) is 0 Å². The molecule has 162 valence electrons. The third-order valence-electron chi connectivity index (χ3n) is 4.94. The third-order valence-corrected chi connectivity index (χ3v) is 4.94. The smallest absolute Gasteiger partial charge is 0.151 e. The lowest BCUT2D eigenvalue weighted by Crippen LogP contribution is -2.29.